The molecule has 1 saturated heterocycles. The number of carbonyl (C=O) groups excluding carboxylic acids is 1. The van der Waals surface area contributed by atoms with Gasteiger partial charge in [-0.25, -0.2) is 4.79 Å². The van der Waals surface area contributed by atoms with Crippen LogP contribution in [0.25, 0.3) is 0 Å². The number of halogens is 1. The number of ether oxygens (including phenoxy) is 1. The molecule has 1 amide bonds. The van der Waals surface area contributed by atoms with Gasteiger partial charge in [0, 0.05) is 36.3 Å². The van der Waals surface area contributed by atoms with E-state index in [0.29, 0.717) is 18.6 Å². The summed E-state index contributed by atoms with van der Waals surface area (Å²) in [6, 6.07) is 3.87. The molecule has 1 aromatic rings. The highest BCUT2D eigenvalue weighted by atomic mass is 127. The van der Waals surface area contributed by atoms with Gasteiger partial charge in [0.05, 0.1) is 0 Å². The predicted octanol–water partition coefficient (Wildman–Crippen LogP) is 1.33. The summed E-state index contributed by atoms with van der Waals surface area (Å²) >= 11 is 2.19. The lowest BCUT2D eigenvalue weighted by Gasteiger charge is -2.36. The number of piperazine rings is 1. The molecule has 0 saturated carbocycles. The van der Waals surface area contributed by atoms with Crippen molar-refractivity contribution < 1.29 is 19.6 Å². The minimum Gasteiger partial charge on any atom is -0.444 e. The van der Waals surface area contributed by atoms with Gasteiger partial charge in [0.25, 0.3) is 0 Å². The highest BCUT2D eigenvalue weighted by Gasteiger charge is 2.26. The molecule has 0 spiro atoms. The van der Waals surface area contributed by atoms with Crippen LogP contribution in [0.2, 0.25) is 0 Å². The number of hydrogen-bond donors (Lipinski definition) is 2. The monoisotopic (exact) mass is 460 g/mol. The quantitative estimate of drug-likeness (QED) is 0.527. The average Bonchev–Trinajstić information content (AvgIpc) is 2.49. The third-order valence-electron chi connectivity index (χ3n) is 4.22. The molecule has 0 radical (unpaired) electrons. The van der Waals surface area contributed by atoms with E-state index >= 15 is 0 Å². The molecule has 8 heteroatoms. The summed E-state index contributed by atoms with van der Waals surface area (Å²) in [4.78, 5) is 16.1. The van der Waals surface area contributed by atoms with E-state index in [9.17, 15) is 14.8 Å². The van der Waals surface area contributed by atoms with Crippen molar-refractivity contribution in [2.45, 2.75) is 39.8 Å². The molecule has 0 bridgehead atoms. The van der Waals surface area contributed by atoms with Crippen molar-refractivity contribution in [3.05, 3.63) is 26.8 Å². The summed E-state index contributed by atoms with van der Waals surface area (Å²) in [6.45, 7) is 11.0. The summed E-state index contributed by atoms with van der Waals surface area (Å²) in [7, 11) is -1.46. The summed E-state index contributed by atoms with van der Waals surface area (Å²) in [5.41, 5.74) is 2.06. The van der Waals surface area contributed by atoms with Gasteiger partial charge < -0.3 is 19.7 Å². The zero-order valence-corrected chi connectivity index (χ0v) is 17.4. The van der Waals surface area contributed by atoms with Crippen molar-refractivity contribution in [2.24, 2.45) is 0 Å². The minimum atomic E-state index is -1.46. The summed E-state index contributed by atoms with van der Waals surface area (Å²) in [5.74, 6) is 0. The number of carbonyl (C=O) groups is 1. The molecule has 0 atom stereocenters. The van der Waals surface area contributed by atoms with E-state index in [1.807, 2.05) is 27.7 Å². The van der Waals surface area contributed by atoms with Gasteiger partial charge >= 0.3 is 13.2 Å². The molecule has 25 heavy (non-hydrogen) atoms. The maximum absolute atomic E-state index is 12.1. The molecular formula is C17H26BIN2O4. The number of amides is 1. The SMILES string of the molecule is Cc1c(CN2CCN(C(=O)OC(C)(C)C)CC2)cc(I)cc1B(O)O. The predicted molar refractivity (Wildman–Crippen MR) is 107 cm³/mol. The third-order valence-corrected chi connectivity index (χ3v) is 4.84. The first-order valence-corrected chi connectivity index (χ1v) is 9.50. The average molecular weight is 460 g/mol. The van der Waals surface area contributed by atoms with Crippen LogP contribution in [0, 0.1) is 10.5 Å². The molecule has 1 heterocycles. The Kier molecular flexibility index (Phi) is 6.75. The molecular weight excluding hydrogens is 434 g/mol. The Hall–Kier alpha value is -0.835. The molecule has 1 fully saturated rings. The van der Waals surface area contributed by atoms with Crippen molar-refractivity contribution in [3.63, 3.8) is 0 Å². The smallest absolute Gasteiger partial charge is 0.444 e. The minimum absolute atomic E-state index is 0.261. The molecule has 138 valence electrons. The van der Waals surface area contributed by atoms with Crippen LogP contribution in [0.3, 0.4) is 0 Å². The number of rotatable bonds is 3. The van der Waals surface area contributed by atoms with Gasteiger partial charge in [0.15, 0.2) is 0 Å². The number of benzene rings is 1. The van der Waals surface area contributed by atoms with Crippen LogP contribution in [0.1, 0.15) is 31.9 Å². The van der Waals surface area contributed by atoms with Gasteiger partial charge in [-0.1, -0.05) is 0 Å². The second-order valence-corrected chi connectivity index (χ2v) is 8.64. The van der Waals surface area contributed by atoms with Crippen LogP contribution in [-0.2, 0) is 11.3 Å². The summed E-state index contributed by atoms with van der Waals surface area (Å²) in [5, 5.41) is 19.1. The third kappa shape index (κ3) is 5.84. The maximum atomic E-state index is 12.1. The van der Waals surface area contributed by atoms with Crippen molar-refractivity contribution in [2.75, 3.05) is 26.2 Å². The second-order valence-electron chi connectivity index (χ2n) is 7.40. The Morgan fingerprint density at radius 3 is 2.36 bits per heavy atom. The molecule has 0 aliphatic carbocycles. The van der Waals surface area contributed by atoms with Crippen molar-refractivity contribution in [3.8, 4) is 0 Å². The standard InChI is InChI=1S/C17H26BIN2O4/c1-12-13(9-14(19)10-15(12)18(23)24)11-20-5-7-21(8-6-20)16(22)25-17(2,3)4/h9-10,23-24H,5-8,11H2,1-4H3. The molecule has 0 aromatic heterocycles. The first-order chi connectivity index (χ1) is 11.6. The fourth-order valence-corrected chi connectivity index (χ4v) is 3.56. The first kappa shape index (κ1) is 20.5. The Balaban J connectivity index is 1.98. The van der Waals surface area contributed by atoms with Crippen molar-refractivity contribution >= 4 is 41.3 Å². The Labute approximate surface area is 163 Å². The van der Waals surface area contributed by atoms with E-state index in [2.05, 4.69) is 33.6 Å². The largest absolute Gasteiger partial charge is 0.488 e. The van der Waals surface area contributed by atoms with Crippen LogP contribution in [0.4, 0.5) is 4.79 Å². The van der Waals surface area contributed by atoms with Crippen LogP contribution in [-0.4, -0.2) is 64.8 Å². The highest BCUT2D eigenvalue weighted by molar-refractivity contribution is 14.1. The van der Waals surface area contributed by atoms with E-state index < -0.39 is 12.7 Å². The Morgan fingerprint density at radius 2 is 1.84 bits per heavy atom. The van der Waals surface area contributed by atoms with Crippen LogP contribution < -0.4 is 5.46 Å². The fraction of sp³-hybridized carbons (Fsp3) is 0.588. The number of nitrogens with zero attached hydrogens (tertiary/aromatic N) is 2. The van der Waals surface area contributed by atoms with E-state index in [1.165, 1.54) is 0 Å². The summed E-state index contributed by atoms with van der Waals surface area (Å²) in [6.07, 6.45) is -0.261. The molecule has 1 aliphatic heterocycles. The van der Waals surface area contributed by atoms with Crippen LogP contribution in [0.15, 0.2) is 12.1 Å². The van der Waals surface area contributed by atoms with Gasteiger partial charge in [0.2, 0.25) is 0 Å². The van der Waals surface area contributed by atoms with Crippen molar-refractivity contribution in [1.29, 1.82) is 0 Å². The molecule has 2 rings (SSSR count). The van der Waals surface area contributed by atoms with Crippen LogP contribution >= 0.6 is 22.6 Å². The molecule has 2 N–H and O–H groups in total. The lowest BCUT2D eigenvalue weighted by atomic mass is 9.76. The zero-order chi connectivity index (χ0) is 18.8. The lowest BCUT2D eigenvalue weighted by molar-refractivity contribution is 0.0139. The fourth-order valence-electron chi connectivity index (χ4n) is 2.85. The Bertz CT molecular complexity index is 626. The van der Waals surface area contributed by atoms with Gasteiger partial charge in [-0.15, -0.1) is 0 Å². The topological polar surface area (TPSA) is 73.2 Å². The number of hydrogen-bond acceptors (Lipinski definition) is 5. The molecule has 1 aliphatic rings. The zero-order valence-electron chi connectivity index (χ0n) is 15.3. The van der Waals surface area contributed by atoms with Gasteiger partial charge in [-0.3, -0.25) is 4.90 Å². The lowest BCUT2D eigenvalue weighted by Crippen LogP contribution is -2.49. The molecule has 6 nitrogen and oxygen atoms in total. The van der Waals surface area contributed by atoms with E-state index in [1.54, 1.807) is 11.0 Å². The Morgan fingerprint density at radius 1 is 1.24 bits per heavy atom. The van der Waals surface area contributed by atoms with Gasteiger partial charge in [0.1, 0.15) is 5.60 Å². The normalized spacial score (nSPS) is 16.0. The van der Waals surface area contributed by atoms with Gasteiger partial charge in [-0.05, 0) is 79.0 Å². The van der Waals surface area contributed by atoms with E-state index in [0.717, 1.165) is 34.3 Å². The maximum Gasteiger partial charge on any atom is 0.488 e. The molecule has 0 unspecified atom stereocenters. The summed E-state index contributed by atoms with van der Waals surface area (Å²) < 4.78 is 6.40. The van der Waals surface area contributed by atoms with Crippen molar-refractivity contribution in [1.82, 2.24) is 9.80 Å². The van der Waals surface area contributed by atoms with Gasteiger partial charge in [-0.2, -0.15) is 0 Å². The second kappa shape index (κ2) is 8.24. The molecule has 1 aromatic carbocycles. The van der Waals surface area contributed by atoms with E-state index in [-0.39, 0.29) is 6.09 Å². The first-order valence-electron chi connectivity index (χ1n) is 8.42. The van der Waals surface area contributed by atoms with E-state index in [4.69, 9.17) is 4.74 Å². The highest BCUT2D eigenvalue weighted by Crippen LogP contribution is 2.17. The van der Waals surface area contributed by atoms with Crippen LogP contribution in [0.5, 0.6) is 0 Å².